The number of pyridine rings is 1. The minimum Gasteiger partial charge on any atom is -0.378 e. The summed E-state index contributed by atoms with van der Waals surface area (Å²) in [5.41, 5.74) is 1.05. The topological polar surface area (TPSA) is 63.7 Å². The largest absolute Gasteiger partial charge is 0.378 e. The number of hydrogen-bond acceptors (Lipinski definition) is 5. The summed E-state index contributed by atoms with van der Waals surface area (Å²) >= 11 is 0. The van der Waals surface area contributed by atoms with Crippen LogP contribution in [0.2, 0.25) is 0 Å². The Labute approximate surface area is 143 Å². The maximum Gasteiger partial charge on any atom is 0.226 e. The van der Waals surface area contributed by atoms with Crippen molar-refractivity contribution < 1.29 is 14.3 Å². The first-order valence-electron chi connectivity index (χ1n) is 8.95. The summed E-state index contributed by atoms with van der Waals surface area (Å²) in [4.78, 5) is 19.3. The fourth-order valence-corrected chi connectivity index (χ4v) is 3.48. The molecule has 0 spiro atoms. The summed E-state index contributed by atoms with van der Waals surface area (Å²) in [6.07, 6.45) is 4.60. The molecule has 2 aliphatic rings. The fraction of sp³-hybridized carbons (Fsp3) is 0.667. The average Bonchev–Trinajstić information content (AvgIpc) is 2.67. The minimum absolute atomic E-state index is 0.0349. The maximum absolute atomic E-state index is 12.6. The highest BCUT2D eigenvalue weighted by atomic mass is 16.5. The number of morpholine rings is 1. The molecule has 24 heavy (non-hydrogen) atoms. The summed E-state index contributed by atoms with van der Waals surface area (Å²) in [6, 6.07) is 3.96. The number of hydrogen-bond donors (Lipinski definition) is 1. The van der Waals surface area contributed by atoms with Crippen LogP contribution in [0.25, 0.3) is 0 Å². The van der Waals surface area contributed by atoms with Gasteiger partial charge in [-0.15, -0.1) is 0 Å². The molecule has 3 rings (SSSR count). The van der Waals surface area contributed by atoms with Gasteiger partial charge in [0.25, 0.3) is 0 Å². The van der Waals surface area contributed by atoms with Gasteiger partial charge in [-0.05, 0) is 25.3 Å². The van der Waals surface area contributed by atoms with Crippen LogP contribution in [0, 0.1) is 5.92 Å². The van der Waals surface area contributed by atoms with Crippen molar-refractivity contribution in [2.45, 2.75) is 38.8 Å². The van der Waals surface area contributed by atoms with Crippen molar-refractivity contribution in [3.8, 4) is 0 Å². The second kappa shape index (κ2) is 8.44. The van der Waals surface area contributed by atoms with Gasteiger partial charge in [0.2, 0.25) is 5.91 Å². The highest BCUT2D eigenvalue weighted by molar-refractivity contribution is 5.79. The summed E-state index contributed by atoms with van der Waals surface area (Å²) in [5.74, 6) is 1.01. The number of ether oxygens (including phenoxy) is 2. The van der Waals surface area contributed by atoms with E-state index in [1.807, 2.05) is 12.1 Å². The maximum atomic E-state index is 12.6. The number of nitrogens with one attached hydrogen (secondary N) is 1. The molecule has 0 bridgehead atoms. The van der Waals surface area contributed by atoms with Gasteiger partial charge in [-0.25, -0.2) is 4.98 Å². The second-order valence-electron chi connectivity index (χ2n) is 6.37. The van der Waals surface area contributed by atoms with E-state index in [2.05, 4.69) is 22.1 Å². The Morgan fingerprint density at radius 2 is 2.21 bits per heavy atom. The van der Waals surface area contributed by atoms with Gasteiger partial charge in [0.05, 0.1) is 25.2 Å². The Balaban J connectivity index is 1.62. The van der Waals surface area contributed by atoms with Crippen LogP contribution >= 0.6 is 0 Å². The summed E-state index contributed by atoms with van der Waals surface area (Å²) in [7, 11) is 0. The first-order chi connectivity index (χ1) is 11.8. The van der Waals surface area contributed by atoms with E-state index in [1.165, 1.54) is 0 Å². The molecule has 2 atom stereocenters. The van der Waals surface area contributed by atoms with Crippen LogP contribution in [0.15, 0.2) is 18.3 Å². The molecule has 2 saturated heterocycles. The summed E-state index contributed by atoms with van der Waals surface area (Å²) in [6.45, 7) is 6.48. The molecule has 2 fully saturated rings. The van der Waals surface area contributed by atoms with E-state index in [0.29, 0.717) is 6.54 Å². The second-order valence-corrected chi connectivity index (χ2v) is 6.37. The van der Waals surface area contributed by atoms with Gasteiger partial charge < -0.3 is 19.7 Å². The molecule has 0 radical (unpaired) electrons. The van der Waals surface area contributed by atoms with Gasteiger partial charge in [0.15, 0.2) is 0 Å². The average molecular weight is 333 g/mol. The Kier molecular flexibility index (Phi) is 6.04. The van der Waals surface area contributed by atoms with Crippen molar-refractivity contribution in [1.29, 1.82) is 0 Å². The molecule has 2 unspecified atom stereocenters. The van der Waals surface area contributed by atoms with E-state index < -0.39 is 0 Å². The molecule has 0 aliphatic carbocycles. The molecular weight excluding hydrogens is 306 g/mol. The minimum atomic E-state index is -0.0349. The molecule has 1 amide bonds. The number of nitrogens with zero attached hydrogens (tertiary/aromatic N) is 2. The number of amides is 1. The Morgan fingerprint density at radius 1 is 1.38 bits per heavy atom. The SMILES string of the molecule is CCC1OCCCC1C(=O)NCc1cccnc1N1CCOCC1. The molecule has 132 valence electrons. The molecule has 6 heteroatoms. The normalized spacial score (nSPS) is 24.6. The van der Waals surface area contributed by atoms with E-state index in [9.17, 15) is 4.79 Å². The third-order valence-corrected chi connectivity index (χ3v) is 4.81. The highest BCUT2D eigenvalue weighted by Gasteiger charge is 2.30. The fourth-order valence-electron chi connectivity index (χ4n) is 3.48. The van der Waals surface area contributed by atoms with Crippen molar-refractivity contribution in [1.82, 2.24) is 10.3 Å². The molecule has 1 aromatic rings. The van der Waals surface area contributed by atoms with E-state index in [0.717, 1.165) is 63.6 Å². The van der Waals surface area contributed by atoms with E-state index >= 15 is 0 Å². The predicted molar refractivity (Wildman–Crippen MR) is 91.9 cm³/mol. The van der Waals surface area contributed by atoms with Crippen molar-refractivity contribution in [2.24, 2.45) is 5.92 Å². The van der Waals surface area contributed by atoms with E-state index in [1.54, 1.807) is 6.20 Å². The monoisotopic (exact) mass is 333 g/mol. The van der Waals surface area contributed by atoms with Crippen LogP contribution in [0.1, 0.15) is 31.7 Å². The zero-order valence-electron chi connectivity index (χ0n) is 14.4. The lowest BCUT2D eigenvalue weighted by Gasteiger charge is -2.31. The molecule has 2 aliphatic heterocycles. The first-order valence-corrected chi connectivity index (χ1v) is 8.95. The van der Waals surface area contributed by atoms with Crippen LogP contribution < -0.4 is 10.2 Å². The van der Waals surface area contributed by atoms with Gasteiger partial charge in [-0.2, -0.15) is 0 Å². The third kappa shape index (κ3) is 4.05. The predicted octanol–water partition coefficient (Wildman–Crippen LogP) is 1.74. The molecule has 1 N–H and O–H groups in total. The number of carbonyl (C=O) groups is 1. The van der Waals surface area contributed by atoms with Crippen LogP contribution in [0.4, 0.5) is 5.82 Å². The van der Waals surface area contributed by atoms with Crippen molar-refractivity contribution in [2.75, 3.05) is 37.8 Å². The van der Waals surface area contributed by atoms with Crippen LogP contribution in [-0.2, 0) is 20.8 Å². The molecule has 0 aromatic carbocycles. The smallest absolute Gasteiger partial charge is 0.226 e. The number of aromatic nitrogens is 1. The molecule has 1 aromatic heterocycles. The zero-order valence-corrected chi connectivity index (χ0v) is 14.4. The number of anilines is 1. The lowest BCUT2D eigenvalue weighted by Crippen LogP contribution is -2.41. The van der Waals surface area contributed by atoms with Crippen molar-refractivity contribution >= 4 is 11.7 Å². The van der Waals surface area contributed by atoms with Crippen molar-refractivity contribution in [3.05, 3.63) is 23.9 Å². The highest BCUT2D eigenvalue weighted by Crippen LogP contribution is 2.24. The van der Waals surface area contributed by atoms with Gasteiger partial charge >= 0.3 is 0 Å². The van der Waals surface area contributed by atoms with Crippen LogP contribution in [0.5, 0.6) is 0 Å². The van der Waals surface area contributed by atoms with Crippen LogP contribution in [-0.4, -0.2) is 49.9 Å². The molecular formula is C18H27N3O3. The molecule has 0 saturated carbocycles. The third-order valence-electron chi connectivity index (χ3n) is 4.81. The van der Waals surface area contributed by atoms with Gasteiger partial charge in [0, 0.05) is 38.0 Å². The van der Waals surface area contributed by atoms with Gasteiger partial charge in [-0.1, -0.05) is 13.0 Å². The lowest BCUT2D eigenvalue weighted by atomic mass is 9.92. The Bertz CT molecular complexity index is 546. The first kappa shape index (κ1) is 17.2. The lowest BCUT2D eigenvalue weighted by molar-refractivity contribution is -0.134. The van der Waals surface area contributed by atoms with Crippen LogP contribution in [0.3, 0.4) is 0 Å². The zero-order chi connectivity index (χ0) is 16.8. The molecule has 6 nitrogen and oxygen atoms in total. The summed E-state index contributed by atoms with van der Waals surface area (Å²) < 4.78 is 11.1. The quantitative estimate of drug-likeness (QED) is 0.889. The van der Waals surface area contributed by atoms with Gasteiger partial charge in [-0.3, -0.25) is 4.79 Å². The number of carbonyl (C=O) groups excluding carboxylic acids is 1. The molecule has 3 heterocycles. The van der Waals surface area contributed by atoms with Gasteiger partial charge in [0.1, 0.15) is 5.82 Å². The Morgan fingerprint density at radius 3 is 3.00 bits per heavy atom. The standard InChI is InChI=1S/C18H27N3O3/c1-2-16-15(6-4-10-24-16)18(22)20-13-14-5-3-7-19-17(14)21-8-11-23-12-9-21/h3,5,7,15-16H,2,4,6,8-13H2,1H3,(H,20,22). The van der Waals surface area contributed by atoms with E-state index in [4.69, 9.17) is 9.47 Å². The number of rotatable bonds is 5. The Hall–Kier alpha value is -1.66. The van der Waals surface area contributed by atoms with Crippen molar-refractivity contribution in [3.63, 3.8) is 0 Å². The summed E-state index contributed by atoms with van der Waals surface area (Å²) in [5, 5.41) is 3.10. The van der Waals surface area contributed by atoms with E-state index in [-0.39, 0.29) is 17.9 Å².